The summed E-state index contributed by atoms with van der Waals surface area (Å²) in [6, 6.07) is 7.79. The van der Waals surface area contributed by atoms with Gasteiger partial charge in [-0.25, -0.2) is 0 Å². The second kappa shape index (κ2) is 14.6. The van der Waals surface area contributed by atoms with Gasteiger partial charge in [0, 0.05) is 17.3 Å². The summed E-state index contributed by atoms with van der Waals surface area (Å²) < 4.78 is 14.9. The lowest BCUT2D eigenvalue weighted by atomic mass is 9.91. The topological polar surface area (TPSA) is 51.2 Å². The Hall–Kier alpha value is -2.77. The van der Waals surface area contributed by atoms with E-state index in [2.05, 4.69) is 37.5 Å². The summed E-state index contributed by atoms with van der Waals surface area (Å²) in [6.45, 7) is 19.6. The van der Waals surface area contributed by atoms with Crippen molar-refractivity contribution in [2.45, 2.75) is 92.9 Å². The van der Waals surface area contributed by atoms with Gasteiger partial charge in [-0.2, -0.15) is 0 Å². The summed E-state index contributed by atoms with van der Waals surface area (Å²) in [6.07, 6.45) is 17.7. The molecule has 2 fully saturated rings. The number of benzene rings is 2. The van der Waals surface area contributed by atoms with Gasteiger partial charge in [0.15, 0.2) is 0 Å². The molecule has 0 amide bonds. The average Bonchev–Trinajstić information content (AvgIpc) is 3.59. The van der Waals surface area contributed by atoms with Gasteiger partial charge in [-0.3, -0.25) is 9.59 Å². The van der Waals surface area contributed by atoms with Crippen molar-refractivity contribution >= 4 is 18.2 Å². The maximum atomic E-state index is 14.9. The Kier molecular flexibility index (Phi) is 11.3. The standard InChI is InChI=1S/C40H53O3P/c1-9-32-14-15-33(23-32)16-17-34-24-35(10-2)36(25-34)13-11-12-18-44(43,39(41)37-28(5)19-26(3)20-29(37)6)40(42)38-30(7)21-27(4)22-31(38)8/h9-10,16-17,19-22,32-36H,1-2,11-15,18,23-25H2,3-8H3/b17-16+. The number of rotatable bonds is 13. The summed E-state index contributed by atoms with van der Waals surface area (Å²) in [5.74, 6) is 2.90. The molecule has 0 heterocycles. The molecule has 0 bridgehead atoms. The van der Waals surface area contributed by atoms with Crippen LogP contribution in [0.3, 0.4) is 0 Å². The molecule has 0 spiro atoms. The summed E-state index contributed by atoms with van der Waals surface area (Å²) in [5.41, 5.74) is 5.20. The van der Waals surface area contributed by atoms with Crippen molar-refractivity contribution in [3.63, 3.8) is 0 Å². The third-order valence-corrected chi connectivity index (χ3v) is 13.0. The Morgan fingerprint density at radius 2 is 1.20 bits per heavy atom. The average molecular weight is 613 g/mol. The molecule has 2 aromatic rings. The van der Waals surface area contributed by atoms with Crippen LogP contribution in [0.5, 0.6) is 0 Å². The number of unbranched alkanes of at least 4 members (excludes halogenated alkanes) is 1. The molecule has 0 aliphatic heterocycles. The summed E-state index contributed by atoms with van der Waals surface area (Å²) in [7, 11) is -3.93. The predicted molar refractivity (Wildman–Crippen MR) is 186 cm³/mol. The Labute approximate surface area is 266 Å². The molecule has 0 aromatic heterocycles. The molecule has 3 nitrogen and oxygen atoms in total. The van der Waals surface area contributed by atoms with Gasteiger partial charge in [0.25, 0.3) is 0 Å². The van der Waals surface area contributed by atoms with E-state index in [4.69, 9.17) is 0 Å². The fourth-order valence-electron chi connectivity index (χ4n) is 8.17. The van der Waals surface area contributed by atoms with Crippen LogP contribution in [0.15, 0.2) is 61.7 Å². The van der Waals surface area contributed by atoms with Crippen LogP contribution in [0.25, 0.3) is 0 Å². The van der Waals surface area contributed by atoms with E-state index in [0.717, 1.165) is 59.1 Å². The highest BCUT2D eigenvalue weighted by Crippen LogP contribution is 2.54. The molecule has 236 valence electrons. The molecule has 2 saturated carbocycles. The van der Waals surface area contributed by atoms with Crippen LogP contribution in [-0.4, -0.2) is 17.2 Å². The summed E-state index contributed by atoms with van der Waals surface area (Å²) in [5, 5.41) is 0. The maximum absolute atomic E-state index is 14.9. The molecule has 44 heavy (non-hydrogen) atoms. The van der Waals surface area contributed by atoms with E-state index in [1.165, 1.54) is 19.3 Å². The molecular formula is C40H53O3P. The minimum absolute atomic E-state index is 0.116. The molecule has 4 heteroatoms. The molecule has 0 radical (unpaired) electrons. The molecule has 0 N–H and O–H groups in total. The van der Waals surface area contributed by atoms with Crippen LogP contribution < -0.4 is 0 Å². The van der Waals surface area contributed by atoms with Crippen LogP contribution in [0.2, 0.25) is 0 Å². The lowest BCUT2D eigenvalue weighted by molar-refractivity contribution is 0.103. The van der Waals surface area contributed by atoms with E-state index in [0.29, 0.717) is 47.1 Å². The van der Waals surface area contributed by atoms with Gasteiger partial charge in [-0.05, 0) is 138 Å². The minimum Gasteiger partial charge on any atom is -0.307 e. The zero-order valence-corrected chi connectivity index (χ0v) is 28.9. The molecule has 5 unspecified atom stereocenters. The van der Waals surface area contributed by atoms with Gasteiger partial charge in [-0.1, -0.05) is 66.1 Å². The van der Waals surface area contributed by atoms with Crippen LogP contribution in [-0.2, 0) is 4.57 Å². The number of hydrogen-bond donors (Lipinski definition) is 0. The minimum atomic E-state index is -3.93. The van der Waals surface area contributed by atoms with E-state index in [9.17, 15) is 14.2 Å². The highest BCUT2D eigenvalue weighted by atomic mass is 31.2. The van der Waals surface area contributed by atoms with Crippen molar-refractivity contribution in [2.24, 2.45) is 29.6 Å². The summed E-state index contributed by atoms with van der Waals surface area (Å²) in [4.78, 5) is 28.5. The fourth-order valence-corrected chi connectivity index (χ4v) is 10.9. The number of carbonyl (C=O) groups is 2. The van der Waals surface area contributed by atoms with E-state index in [-0.39, 0.29) is 6.16 Å². The fraction of sp³-hybridized carbons (Fsp3) is 0.500. The Morgan fingerprint density at radius 3 is 1.68 bits per heavy atom. The van der Waals surface area contributed by atoms with Crippen LogP contribution in [0.4, 0.5) is 0 Å². The smallest absolute Gasteiger partial charge is 0.229 e. The Bertz CT molecular complexity index is 1370. The van der Waals surface area contributed by atoms with Crippen LogP contribution in [0.1, 0.15) is 105 Å². The monoisotopic (exact) mass is 612 g/mol. The predicted octanol–water partition coefficient (Wildman–Crippen LogP) is 11.0. The van der Waals surface area contributed by atoms with Crippen LogP contribution in [0, 0.1) is 71.1 Å². The first-order chi connectivity index (χ1) is 20.9. The van der Waals surface area contributed by atoms with E-state index >= 15 is 0 Å². The van der Waals surface area contributed by atoms with E-state index in [1.54, 1.807) is 0 Å². The summed E-state index contributed by atoms with van der Waals surface area (Å²) >= 11 is 0. The first-order valence-electron chi connectivity index (χ1n) is 16.7. The largest absolute Gasteiger partial charge is 0.307 e. The quantitative estimate of drug-likeness (QED) is 0.128. The first-order valence-corrected chi connectivity index (χ1v) is 18.5. The highest BCUT2D eigenvalue weighted by molar-refractivity contribution is 7.95. The zero-order chi connectivity index (χ0) is 32.2. The van der Waals surface area contributed by atoms with Crippen molar-refractivity contribution in [1.29, 1.82) is 0 Å². The highest BCUT2D eigenvalue weighted by Gasteiger charge is 2.42. The second-order valence-electron chi connectivity index (χ2n) is 14.0. The molecule has 5 atom stereocenters. The first kappa shape index (κ1) is 34.1. The van der Waals surface area contributed by atoms with Crippen molar-refractivity contribution in [3.8, 4) is 0 Å². The van der Waals surface area contributed by atoms with Gasteiger partial charge in [-0.15, -0.1) is 13.2 Å². The lowest BCUT2D eigenvalue weighted by Crippen LogP contribution is -2.18. The molecule has 2 aliphatic carbocycles. The Balaban J connectivity index is 1.49. The molecule has 2 aliphatic rings. The third-order valence-electron chi connectivity index (χ3n) is 10.3. The maximum Gasteiger partial charge on any atom is 0.229 e. The molecule has 0 saturated heterocycles. The molecule has 4 rings (SSSR count). The van der Waals surface area contributed by atoms with Crippen molar-refractivity contribution in [2.75, 3.05) is 6.16 Å². The van der Waals surface area contributed by atoms with Gasteiger partial charge in [0.2, 0.25) is 18.2 Å². The normalized spacial score (nSPS) is 23.7. The number of allylic oxidation sites excluding steroid dienone is 4. The van der Waals surface area contributed by atoms with Crippen molar-refractivity contribution in [1.82, 2.24) is 0 Å². The number of hydrogen-bond acceptors (Lipinski definition) is 3. The number of carbonyl (C=O) groups excluding carboxylic acids is 2. The Morgan fingerprint density at radius 1 is 0.705 bits per heavy atom. The van der Waals surface area contributed by atoms with Gasteiger partial charge in [0.1, 0.15) is 0 Å². The molecule has 2 aromatic carbocycles. The van der Waals surface area contributed by atoms with E-state index < -0.39 is 18.2 Å². The van der Waals surface area contributed by atoms with Gasteiger partial charge in [0.05, 0.1) is 0 Å². The van der Waals surface area contributed by atoms with Crippen LogP contribution >= 0.6 is 7.14 Å². The third kappa shape index (κ3) is 7.54. The van der Waals surface area contributed by atoms with E-state index in [1.807, 2.05) is 65.8 Å². The second-order valence-corrected chi connectivity index (χ2v) is 16.7. The lowest BCUT2D eigenvalue weighted by Gasteiger charge is -2.22. The van der Waals surface area contributed by atoms with Gasteiger partial charge < -0.3 is 4.57 Å². The van der Waals surface area contributed by atoms with Crippen molar-refractivity contribution < 1.29 is 14.2 Å². The SMILES string of the molecule is C=CC1CCC(/C=C/C2CC(C=C)C(CCCCP(=O)(C(=O)c3c(C)cc(C)cc3C)C(=O)c3c(C)cc(C)cc3C)C2)C1. The zero-order valence-electron chi connectivity index (χ0n) is 28.0. The van der Waals surface area contributed by atoms with Gasteiger partial charge >= 0.3 is 0 Å². The number of aryl methyl sites for hydroxylation is 6. The van der Waals surface area contributed by atoms with Crippen molar-refractivity contribution in [3.05, 3.63) is 106 Å². The molecular weight excluding hydrogens is 559 g/mol.